The summed E-state index contributed by atoms with van der Waals surface area (Å²) in [4.78, 5) is 11.9. The maximum Gasteiger partial charge on any atom is 0.331 e. The van der Waals surface area contributed by atoms with Crippen molar-refractivity contribution in [2.45, 2.75) is 126 Å². The zero-order valence-electron chi connectivity index (χ0n) is 23.5. The van der Waals surface area contributed by atoms with Crippen LogP contribution >= 0.6 is 0 Å². The second kappa shape index (κ2) is 8.72. The van der Waals surface area contributed by atoms with Crippen LogP contribution in [-0.2, 0) is 28.5 Å². The third-order valence-corrected chi connectivity index (χ3v) is 12.7. The van der Waals surface area contributed by atoms with Gasteiger partial charge in [-0.1, -0.05) is 13.8 Å². The summed E-state index contributed by atoms with van der Waals surface area (Å²) in [5.41, 5.74) is -0.712. The van der Waals surface area contributed by atoms with Gasteiger partial charge in [-0.3, -0.25) is 0 Å². The average Bonchev–Trinajstić information content (AvgIpc) is 3.34. The number of methoxy groups -OCH3 is 1. The van der Waals surface area contributed by atoms with E-state index in [2.05, 4.69) is 13.8 Å². The molecule has 1 unspecified atom stereocenters. The van der Waals surface area contributed by atoms with Crippen molar-refractivity contribution in [2.24, 2.45) is 28.6 Å². The van der Waals surface area contributed by atoms with E-state index in [9.17, 15) is 20.1 Å². The summed E-state index contributed by atoms with van der Waals surface area (Å²) in [6, 6.07) is 0. The van der Waals surface area contributed by atoms with E-state index in [0.717, 1.165) is 50.5 Å². The largest absolute Gasteiger partial charge is 0.458 e. The minimum absolute atomic E-state index is 0.0261. The fraction of sp³-hybridized carbons (Fsp3) is 0.900. The Balaban J connectivity index is 1.09. The molecule has 9 nitrogen and oxygen atoms in total. The van der Waals surface area contributed by atoms with E-state index in [1.165, 1.54) is 7.11 Å². The van der Waals surface area contributed by atoms with E-state index in [1.54, 1.807) is 13.0 Å². The molecular formula is C30H44O9. The quantitative estimate of drug-likeness (QED) is 0.275. The number of rotatable bonds is 4. The smallest absolute Gasteiger partial charge is 0.331 e. The second-order valence-corrected chi connectivity index (χ2v) is 14.0. The number of ether oxygens (including phenoxy) is 5. The summed E-state index contributed by atoms with van der Waals surface area (Å²) in [6.45, 7) is 6.73. The Kier molecular flexibility index (Phi) is 6.00. The highest BCUT2D eigenvalue weighted by Crippen LogP contribution is 2.77. The van der Waals surface area contributed by atoms with Gasteiger partial charge < -0.3 is 39.0 Å². The van der Waals surface area contributed by atoms with E-state index < -0.39 is 41.9 Å². The molecule has 14 atom stereocenters. The topological polar surface area (TPSA) is 127 Å². The number of aliphatic hydroxyl groups excluding tert-OH is 2. The Hall–Kier alpha value is -1.07. The van der Waals surface area contributed by atoms with Crippen LogP contribution in [0.25, 0.3) is 0 Å². The van der Waals surface area contributed by atoms with Gasteiger partial charge in [0.15, 0.2) is 6.29 Å². The number of cyclic esters (lactones) is 1. The second-order valence-electron chi connectivity index (χ2n) is 14.0. The van der Waals surface area contributed by atoms with Gasteiger partial charge in [-0.2, -0.15) is 0 Å². The summed E-state index contributed by atoms with van der Waals surface area (Å²) in [5.74, 6) is 0.532. The molecular weight excluding hydrogens is 504 g/mol. The third kappa shape index (κ3) is 3.41. The number of carbonyl (C=O) groups excluding carboxylic acids is 1. The molecule has 0 aromatic carbocycles. The first-order valence-electron chi connectivity index (χ1n) is 15.0. The van der Waals surface area contributed by atoms with Crippen molar-refractivity contribution in [3.8, 4) is 0 Å². The lowest BCUT2D eigenvalue weighted by atomic mass is 9.43. The SMILES string of the molecule is CO[C@H]1[C@H](O)[C@@H](O[C@H]2CC[C@]3(C)C4CC[C@]5(C)[C@@H](C6=CC(=O)OC6)CC[C@]5(O)[C@@]45O[C@H]5C[C@@H]3C2)O[C@@H](C)[C@@H]1O. The minimum Gasteiger partial charge on any atom is -0.458 e. The number of hydrogen-bond donors (Lipinski definition) is 3. The Morgan fingerprint density at radius 1 is 1.05 bits per heavy atom. The van der Waals surface area contributed by atoms with Crippen LogP contribution < -0.4 is 0 Å². The first kappa shape index (κ1) is 26.8. The van der Waals surface area contributed by atoms with Crippen molar-refractivity contribution < 1.29 is 43.8 Å². The van der Waals surface area contributed by atoms with E-state index in [4.69, 9.17) is 23.7 Å². The van der Waals surface area contributed by atoms with Gasteiger partial charge in [0.2, 0.25) is 0 Å². The first-order chi connectivity index (χ1) is 18.5. The van der Waals surface area contributed by atoms with Crippen molar-refractivity contribution >= 4 is 5.97 Å². The van der Waals surface area contributed by atoms with E-state index >= 15 is 0 Å². The van der Waals surface area contributed by atoms with Crippen molar-refractivity contribution in [3.05, 3.63) is 11.6 Å². The molecule has 0 aromatic rings. The third-order valence-electron chi connectivity index (χ3n) is 12.7. The number of aliphatic hydroxyl groups is 3. The molecule has 218 valence electrons. The molecule has 6 fully saturated rings. The summed E-state index contributed by atoms with van der Waals surface area (Å²) in [7, 11) is 1.48. The fourth-order valence-corrected chi connectivity index (χ4v) is 10.5. The van der Waals surface area contributed by atoms with E-state index in [0.29, 0.717) is 18.9 Å². The summed E-state index contributed by atoms with van der Waals surface area (Å²) in [6.07, 6.45) is 4.59. The van der Waals surface area contributed by atoms with Crippen LogP contribution in [-0.4, -0.2) is 89.1 Å². The maximum absolute atomic E-state index is 12.6. The van der Waals surface area contributed by atoms with Crippen LogP contribution in [0.1, 0.15) is 72.1 Å². The minimum atomic E-state index is -1.06. The average molecular weight is 549 g/mol. The molecule has 7 aliphatic rings. The number of hydrogen-bond acceptors (Lipinski definition) is 9. The molecule has 0 aromatic heterocycles. The number of carbonyl (C=O) groups is 1. The highest BCUT2D eigenvalue weighted by molar-refractivity contribution is 5.85. The van der Waals surface area contributed by atoms with Crippen molar-refractivity contribution in [2.75, 3.05) is 13.7 Å². The van der Waals surface area contributed by atoms with Gasteiger partial charge in [-0.25, -0.2) is 4.79 Å². The van der Waals surface area contributed by atoms with Crippen molar-refractivity contribution in [1.29, 1.82) is 0 Å². The van der Waals surface area contributed by atoms with Crippen molar-refractivity contribution in [3.63, 3.8) is 0 Å². The van der Waals surface area contributed by atoms with Crippen LogP contribution in [0.15, 0.2) is 11.6 Å². The molecule has 1 spiro atoms. The molecule has 2 saturated heterocycles. The highest BCUT2D eigenvalue weighted by atomic mass is 16.7. The molecule has 3 heterocycles. The Labute approximate surface area is 230 Å². The Bertz CT molecular complexity index is 1060. The van der Waals surface area contributed by atoms with Crippen molar-refractivity contribution in [1.82, 2.24) is 0 Å². The molecule has 4 saturated carbocycles. The summed E-state index contributed by atoms with van der Waals surface area (Å²) < 4.78 is 29.5. The summed E-state index contributed by atoms with van der Waals surface area (Å²) >= 11 is 0. The lowest BCUT2D eigenvalue weighted by molar-refractivity contribution is -0.312. The number of esters is 1. The van der Waals surface area contributed by atoms with Crippen LogP contribution in [0.5, 0.6) is 0 Å². The Morgan fingerprint density at radius 2 is 1.85 bits per heavy atom. The zero-order valence-corrected chi connectivity index (χ0v) is 23.5. The van der Waals surface area contributed by atoms with E-state index in [-0.39, 0.29) is 40.8 Å². The zero-order chi connectivity index (χ0) is 27.5. The predicted octanol–water partition coefficient (Wildman–Crippen LogP) is 2.24. The van der Waals surface area contributed by atoms with Crippen LogP contribution in [0.4, 0.5) is 0 Å². The van der Waals surface area contributed by atoms with Gasteiger partial charge in [-0.15, -0.1) is 0 Å². The fourth-order valence-electron chi connectivity index (χ4n) is 10.5. The highest BCUT2D eigenvalue weighted by Gasteiger charge is 2.84. The predicted molar refractivity (Wildman–Crippen MR) is 137 cm³/mol. The van der Waals surface area contributed by atoms with E-state index in [1.807, 2.05) is 0 Å². The molecule has 0 bridgehead atoms. The lowest BCUT2D eigenvalue weighted by Crippen LogP contribution is -2.68. The van der Waals surface area contributed by atoms with Crippen LogP contribution in [0.2, 0.25) is 0 Å². The normalized spacial score (nSPS) is 58.0. The molecule has 3 N–H and O–H groups in total. The standard InChI is InChI=1S/C30H44O9/c1-15-23(32)25(35-4)24(33)26(37-15)38-18-5-8-27(2)17(12-18)13-21-30(39-21)20(27)7-9-28(3)19(6-10-29(28,30)34)16-11-22(31)36-14-16/h11,15,17-21,23-26,32-34H,5-10,12-14H2,1-4H3/t15-,17-,18-,19+,20?,21-,23-,24-,25+,26+,27-,28+,29+,30+/m0/s1. The molecule has 39 heavy (non-hydrogen) atoms. The Morgan fingerprint density at radius 3 is 2.56 bits per heavy atom. The number of fused-ring (bicyclic) bond motifs is 3. The monoisotopic (exact) mass is 548 g/mol. The summed E-state index contributed by atoms with van der Waals surface area (Å²) in [5, 5.41) is 33.7. The van der Waals surface area contributed by atoms with Gasteiger partial charge in [0.05, 0.1) is 18.3 Å². The van der Waals surface area contributed by atoms with Gasteiger partial charge in [0.25, 0.3) is 0 Å². The van der Waals surface area contributed by atoms with Gasteiger partial charge >= 0.3 is 5.97 Å². The van der Waals surface area contributed by atoms with Crippen LogP contribution in [0.3, 0.4) is 0 Å². The molecule has 7 rings (SSSR count). The van der Waals surface area contributed by atoms with Gasteiger partial charge in [0.1, 0.15) is 36.1 Å². The van der Waals surface area contributed by atoms with Crippen LogP contribution in [0, 0.1) is 28.6 Å². The van der Waals surface area contributed by atoms with Gasteiger partial charge in [0, 0.05) is 18.6 Å². The lowest BCUT2D eigenvalue weighted by Gasteiger charge is -2.62. The number of epoxide rings is 1. The maximum atomic E-state index is 12.6. The molecule has 3 aliphatic heterocycles. The molecule has 9 heteroatoms. The molecule has 0 amide bonds. The van der Waals surface area contributed by atoms with Gasteiger partial charge in [-0.05, 0) is 87.0 Å². The first-order valence-corrected chi connectivity index (χ1v) is 15.0. The molecule has 4 aliphatic carbocycles. The molecule has 0 radical (unpaired) electrons.